The Morgan fingerprint density at radius 1 is 0.903 bits per heavy atom. The number of nitrogens with zero attached hydrogens (tertiary/aromatic N) is 3. The average molecular weight is 430 g/mol. The van der Waals surface area contributed by atoms with Crippen LogP contribution in [0.2, 0.25) is 5.02 Å². The summed E-state index contributed by atoms with van der Waals surface area (Å²) in [6.45, 7) is 10.2. The van der Waals surface area contributed by atoms with Crippen molar-refractivity contribution >= 4 is 23.0 Å². The molecule has 3 nitrogen and oxygen atoms in total. The van der Waals surface area contributed by atoms with Crippen molar-refractivity contribution < 1.29 is 0 Å². The zero-order valence-corrected chi connectivity index (χ0v) is 19.2. The summed E-state index contributed by atoms with van der Waals surface area (Å²) in [5.41, 5.74) is 7.90. The molecule has 0 atom stereocenters. The van der Waals surface area contributed by atoms with Gasteiger partial charge in [-0.3, -0.25) is 0 Å². The van der Waals surface area contributed by atoms with Crippen molar-refractivity contribution in [3.8, 4) is 17.2 Å². The Labute approximate surface area is 190 Å². The van der Waals surface area contributed by atoms with E-state index in [9.17, 15) is 5.26 Å². The highest BCUT2D eigenvalue weighted by Gasteiger charge is 2.25. The van der Waals surface area contributed by atoms with Crippen molar-refractivity contribution in [3.63, 3.8) is 0 Å². The topological polar surface area (TPSA) is 30.3 Å². The molecule has 31 heavy (non-hydrogen) atoms. The second-order valence-corrected chi connectivity index (χ2v) is 8.88. The second kappa shape index (κ2) is 9.04. The number of nitriles is 1. The van der Waals surface area contributed by atoms with Crippen LogP contribution in [-0.2, 0) is 0 Å². The highest BCUT2D eigenvalue weighted by molar-refractivity contribution is 6.30. The van der Waals surface area contributed by atoms with Crippen LogP contribution in [0.1, 0.15) is 36.5 Å². The molecule has 3 aromatic rings. The first-order valence-corrected chi connectivity index (χ1v) is 11.3. The van der Waals surface area contributed by atoms with Crippen LogP contribution in [0.4, 0.5) is 11.4 Å². The lowest BCUT2D eigenvalue weighted by molar-refractivity contribution is 0.653. The number of hydrogen-bond donors (Lipinski definition) is 0. The molecule has 0 unspecified atom stereocenters. The van der Waals surface area contributed by atoms with Crippen LogP contribution in [-0.4, -0.2) is 26.2 Å². The van der Waals surface area contributed by atoms with Gasteiger partial charge in [0, 0.05) is 48.1 Å². The zero-order valence-electron chi connectivity index (χ0n) is 18.4. The van der Waals surface area contributed by atoms with Crippen LogP contribution in [0, 0.1) is 18.3 Å². The molecule has 3 aromatic carbocycles. The van der Waals surface area contributed by atoms with Crippen molar-refractivity contribution in [2.45, 2.75) is 26.7 Å². The molecule has 4 rings (SSSR count). The molecule has 0 aliphatic carbocycles. The van der Waals surface area contributed by atoms with Gasteiger partial charge in [-0.05, 0) is 59.9 Å². The number of piperazine rings is 1. The Bertz CT molecular complexity index is 1090. The third-order valence-electron chi connectivity index (χ3n) is 6.19. The maximum absolute atomic E-state index is 9.84. The van der Waals surface area contributed by atoms with Crippen molar-refractivity contribution in [1.82, 2.24) is 0 Å². The van der Waals surface area contributed by atoms with E-state index in [0.29, 0.717) is 5.92 Å². The molecular weight excluding hydrogens is 402 g/mol. The molecule has 0 aromatic heterocycles. The quantitative estimate of drug-likeness (QED) is 0.465. The highest BCUT2D eigenvalue weighted by atomic mass is 35.5. The van der Waals surface area contributed by atoms with Crippen LogP contribution in [0.5, 0.6) is 0 Å². The molecule has 0 radical (unpaired) electrons. The lowest BCUT2D eigenvalue weighted by Crippen LogP contribution is -2.46. The number of hydrogen-bond acceptors (Lipinski definition) is 3. The van der Waals surface area contributed by atoms with Crippen molar-refractivity contribution in [2.75, 3.05) is 36.0 Å². The molecule has 0 amide bonds. The summed E-state index contributed by atoms with van der Waals surface area (Å²) in [5, 5.41) is 10.6. The van der Waals surface area contributed by atoms with E-state index in [2.05, 4.69) is 85.2 Å². The fourth-order valence-electron chi connectivity index (χ4n) is 4.64. The summed E-state index contributed by atoms with van der Waals surface area (Å²) in [6.07, 6.45) is 0. The van der Waals surface area contributed by atoms with Gasteiger partial charge in [-0.15, -0.1) is 0 Å². The maximum atomic E-state index is 9.84. The molecule has 1 aliphatic rings. The molecular formula is C27H28ClN3. The molecule has 1 fully saturated rings. The van der Waals surface area contributed by atoms with Gasteiger partial charge in [0.2, 0.25) is 0 Å². The lowest BCUT2D eigenvalue weighted by Gasteiger charge is -2.39. The first-order valence-electron chi connectivity index (χ1n) is 10.9. The van der Waals surface area contributed by atoms with E-state index in [1.54, 1.807) is 0 Å². The van der Waals surface area contributed by atoms with Gasteiger partial charge in [0.15, 0.2) is 0 Å². The number of benzene rings is 3. The number of anilines is 2. The van der Waals surface area contributed by atoms with Crippen LogP contribution in [0.25, 0.3) is 11.1 Å². The largest absolute Gasteiger partial charge is 0.368 e. The minimum Gasteiger partial charge on any atom is -0.368 e. The zero-order chi connectivity index (χ0) is 22.0. The average Bonchev–Trinajstić information content (AvgIpc) is 2.80. The van der Waals surface area contributed by atoms with Gasteiger partial charge in [0.05, 0.1) is 11.6 Å². The van der Waals surface area contributed by atoms with Crippen LogP contribution < -0.4 is 9.80 Å². The Balaban J connectivity index is 1.77. The Morgan fingerprint density at radius 3 is 2.10 bits per heavy atom. The minimum absolute atomic E-state index is 0.309. The SMILES string of the molecule is Cc1c(C#N)cc(N2CCN(c3ccccc3)CC2)c(-c2ccc(Cl)cc2)c1C(C)C. The fourth-order valence-corrected chi connectivity index (χ4v) is 4.77. The molecule has 1 aliphatic heterocycles. The van der Waals surface area contributed by atoms with E-state index >= 15 is 0 Å². The molecule has 0 saturated carbocycles. The van der Waals surface area contributed by atoms with Gasteiger partial charge < -0.3 is 9.80 Å². The van der Waals surface area contributed by atoms with E-state index < -0.39 is 0 Å². The van der Waals surface area contributed by atoms with E-state index in [0.717, 1.165) is 53.6 Å². The normalized spacial score (nSPS) is 14.1. The Hall–Kier alpha value is -2.96. The van der Waals surface area contributed by atoms with Crippen LogP contribution in [0.15, 0.2) is 60.7 Å². The predicted octanol–water partition coefficient (Wildman–Crippen LogP) is 6.64. The van der Waals surface area contributed by atoms with Gasteiger partial charge in [0.25, 0.3) is 0 Å². The number of para-hydroxylation sites is 1. The third kappa shape index (κ3) is 4.27. The van der Waals surface area contributed by atoms with Crippen molar-refractivity contribution in [1.29, 1.82) is 5.26 Å². The smallest absolute Gasteiger partial charge is 0.0995 e. The summed E-state index contributed by atoms with van der Waals surface area (Å²) in [4.78, 5) is 4.87. The van der Waals surface area contributed by atoms with Crippen molar-refractivity contribution in [3.05, 3.63) is 82.4 Å². The fraction of sp³-hybridized carbons (Fsp3) is 0.296. The highest BCUT2D eigenvalue weighted by Crippen LogP contribution is 2.42. The number of rotatable bonds is 4. The van der Waals surface area contributed by atoms with Gasteiger partial charge in [-0.1, -0.05) is 55.8 Å². The lowest BCUT2D eigenvalue weighted by atomic mass is 9.85. The van der Waals surface area contributed by atoms with Gasteiger partial charge in [0.1, 0.15) is 0 Å². The first-order chi connectivity index (χ1) is 15.0. The maximum Gasteiger partial charge on any atom is 0.0995 e. The molecule has 1 saturated heterocycles. The molecule has 0 spiro atoms. The number of halogens is 1. The van der Waals surface area contributed by atoms with Gasteiger partial charge in [-0.25, -0.2) is 0 Å². The molecule has 0 N–H and O–H groups in total. The Kier molecular flexibility index (Phi) is 6.20. The Morgan fingerprint density at radius 2 is 1.52 bits per heavy atom. The monoisotopic (exact) mass is 429 g/mol. The van der Waals surface area contributed by atoms with Gasteiger partial charge in [-0.2, -0.15) is 5.26 Å². The van der Waals surface area contributed by atoms with E-state index in [1.165, 1.54) is 16.8 Å². The predicted molar refractivity (Wildman–Crippen MR) is 131 cm³/mol. The second-order valence-electron chi connectivity index (χ2n) is 8.44. The molecule has 0 bridgehead atoms. The van der Waals surface area contributed by atoms with Crippen LogP contribution in [0.3, 0.4) is 0 Å². The van der Waals surface area contributed by atoms with E-state index in [-0.39, 0.29) is 0 Å². The molecule has 4 heteroatoms. The van der Waals surface area contributed by atoms with E-state index in [1.807, 2.05) is 12.1 Å². The summed E-state index contributed by atoms with van der Waals surface area (Å²) in [5.74, 6) is 0.309. The summed E-state index contributed by atoms with van der Waals surface area (Å²) >= 11 is 6.18. The summed E-state index contributed by atoms with van der Waals surface area (Å²) in [6, 6.07) is 23.2. The first kappa shape index (κ1) is 21.3. The van der Waals surface area contributed by atoms with Gasteiger partial charge >= 0.3 is 0 Å². The molecule has 158 valence electrons. The standard InChI is InChI=1S/C27H28ClN3/c1-19(2)26-20(3)22(18-29)17-25(27(26)21-9-11-23(28)12-10-21)31-15-13-30(14-16-31)24-7-5-4-6-8-24/h4-12,17,19H,13-16H2,1-3H3. The minimum atomic E-state index is 0.309. The van der Waals surface area contributed by atoms with Crippen LogP contribution >= 0.6 is 11.6 Å². The van der Waals surface area contributed by atoms with Crippen molar-refractivity contribution in [2.24, 2.45) is 0 Å². The van der Waals surface area contributed by atoms with E-state index in [4.69, 9.17) is 11.6 Å². The summed E-state index contributed by atoms with van der Waals surface area (Å²) < 4.78 is 0. The third-order valence-corrected chi connectivity index (χ3v) is 6.44. The molecule has 1 heterocycles. The summed E-state index contributed by atoms with van der Waals surface area (Å²) in [7, 11) is 0.